The lowest BCUT2D eigenvalue weighted by Crippen LogP contribution is -2.15. The van der Waals surface area contributed by atoms with E-state index in [4.69, 9.17) is 0 Å². The highest BCUT2D eigenvalue weighted by Crippen LogP contribution is 2.38. The number of fused-ring (bicyclic) bond motifs is 1. The lowest BCUT2D eigenvalue weighted by molar-refractivity contribution is -0.143. The van der Waals surface area contributed by atoms with Crippen molar-refractivity contribution in [3.63, 3.8) is 0 Å². The number of halogens is 7. The molecule has 2 aromatic carbocycles. The molecule has 0 bridgehead atoms. The van der Waals surface area contributed by atoms with Gasteiger partial charge in [0.2, 0.25) is 0 Å². The quantitative estimate of drug-likeness (QED) is 0.591. The molecular formula is C15H7BrF6N2O2S. The first kappa shape index (κ1) is 19.7. The van der Waals surface area contributed by atoms with Gasteiger partial charge < -0.3 is 5.32 Å². The Labute approximate surface area is 157 Å². The van der Waals surface area contributed by atoms with E-state index in [-0.39, 0.29) is 22.4 Å². The molecule has 0 amide bonds. The SMILES string of the molecule is O=S1(=O)N=C(Nc2cc(C(F)(F)F)cc(C(F)(F)F)c2)c2cc(Br)ccc21. The zero-order chi connectivity index (χ0) is 20.2. The van der Waals surface area contributed by atoms with Crippen molar-refractivity contribution in [2.24, 2.45) is 4.40 Å². The number of alkyl halides is 6. The molecule has 0 aromatic heterocycles. The van der Waals surface area contributed by atoms with Crippen LogP contribution in [0.3, 0.4) is 0 Å². The maximum atomic E-state index is 12.9. The molecule has 4 nitrogen and oxygen atoms in total. The molecule has 0 spiro atoms. The molecule has 12 heteroatoms. The minimum atomic E-state index is -5.03. The fourth-order valence-corrected chi connectivity index (χ4v) is 3.90. The Morgan fingerprint density at radius 2 is 1.44 bits per heavy atom. The summed E-state index contributed by atoms with van der Waals surface area (Å²) >= 11 is 3.12. The van der Waals surface area contributed by atoms with Crippen molar-refractivity contribution in [1.82, 2.24) is 0 Å². The average Bonchev–Trinajstić information content (AvgIpc) is 2.75. The smallest absolute Gasteiger partial charge is 0.339 e. The summed E-state index contributed by atoms with van der Waals surface area (Å²) in [6.07, 6.45) is -10.1. The van der Waals surface area contributed by atoms with Crippen LogP contribution in [0.4, 0.5) is 32.0 Å². The molecule has 0 saturated carbocycles. The van der Waals surface area contributed by atoms with Crippen LogP contribution in [-0.4, -0.2) is 14.3 Å². The van der Waals surface area contributed by atoms with Gasteiger partial charge in [-0.25, -0.2) is 0 Å². The van der Waals surface area contributed by atoms with E-state index in [2.05, 4.69) is 25.6 Å². The summed E-state index contributed by atoms with van der Waals surface area (Å²) in [6.45, 7) is 0. The number of nitrogens with zero attached hydrogens (tertiary/aromatic N) is 1. The van der Waals surface area contributed by atoms with E-state index in [9.17, 15) is 34.8 Å². The lowest BCUT2D eigenvalue weighted by atomic mass is 10.1. The maximum Gasteiger partial charge on any atom is 0.416 e. The van der Waals surface area contributed by atoms with Crippen LogP contribution in [0.15, 0.2) is 50.2 Å². The molecule has 1 N–H and O–H groups in total. The van der Waals surface area contributed by atoms with Gasteiger partial charge in [-0.2, -0.15) is 34.8 Å². The lowest BCUT2D eigenvalue weighted by Gasteiger charge is -2.15. The van der Waals surface area contributed by atoms with Crippen molar-refractivity contribution in [3.05, 3.63) is 57.6 Å². The largest absolute Gasteiger partial charge is 0.416 e. The molecule has 0 aliphatic carbocycles. The van der Waals surface area contributed by atoms with E-state index in [1.54, 1.807) is 0 Å². The number of sulfonamides is 1. The van der Waals surface area contributed by atoms with Gasteiger partial charge in [0, 0.05) is 15.7 Å². The first-order chi connectivity index (χ1) is 12.3. The Morgan fingerprint density at radius 1 is 0.889 bits per heavy atom. The molecule has 0 fully saturated rings. The zero-order valence-electron chi connectivity index (χ0n) is 12.8. The standard InChI is InChI=1S/C15H7BrF6N2O2S/c16-9-1-2-12-11(6-9)13(24-27(12,25)26)23-10-4-7(14(17,18)19)3-8(5-10)15(20,21)22/h1-6H,(H,23,24). The molecular weight excluding hydrogens is 466 g/mol. The molecule has 0 atom stereocenters. The summed E-state index contributed by atoms with van der Waals surface area (Å²) in [5.41, 5.74) is -3.64. The van der Waals surface area contributed by atoms with Crippen molar-refractivity contribution in [2.45, 2.75) is 17.2 Å². The van der Waals surface area contributed by atoms with Gasteiger partial charge in [0.05, 0.1) is 11.1 Å². The van der Waals surface area contributed by atoms with Crippen molar-refractivity contribution in [3.8, 4) is 0 Å². The predicted octanol–water partition coefficient (Wildman–Crippen LogP) is 5.05. The maximum absolute atomic E-state index is 12.9. The number of anilines is 1. The number of amidine groups is 1. The topological polar surface area (TPSA) is 58.5 Å². The number of benzene rings is 2. The first-order valence-electron chi connectivity index (χ1n) is 6.99. The van der Waals surface area contributed by atoms with Gasteiger partial charge >= 0.3 is 12.4 Å². The Bertz CT molecular complexity index is 1030. The summed E-state index contributed by atoms with van der Waals surface area (Å²) in [4.78, 5) is -0.212. The molecule has 1 aliphatic heterocycles. The Hall–Kier alpha value is -2.08. The normalized spacial score (nSPS) is 16.0. The van der Waals surface area contributed by atoms with Crippen LogP contribution in [0.1, 0.15) is 16.7 Å². The molecule has 1 heterocycles. The molecule has 0 radical (unpaired) electrons. The minimum absolute atomic E-state index is 0.0235. The second kappa shape index (κ2) is 6.23. The third-order valence-corrected chi connectivity index (χ3v) is 5.36. The van der Waals surface area contributed by atoms with Gasteiger partial charge in [0.25, 0.3) is 10.0 Å². The van der Waals surface area contributed by atoms with Gasteiger partial charge in [0.1, 0.15) is 4.90 Å². The number of rotatable bonds is 1. The molecule has 2 aromatic rings. The van der Waals surface area contributed by atoms with E-state index in [0.717, 1.165) is 0 Å². The van der Waals surface area contributed by atoms with Gasteiger partial charge in [0.15, 0.2) is 5.84 Å². The van der Waals surface area contributed by atoms with Crippen molar-refractivity contribution in [1.29, 1.82) is 0 Å². The molecule has 1 aliphatic rings. The summed E-state index contributed by atoms with van der Waals surface area (Å²) in [7, 11) is -4.11. The highest BCUT2D eigenvalue weighted by molar-refractivity contribution is 9.10. The van der Waals surface area contributed by atoms with Gasteiger partial charge in [-0.15, -0.1) is 4.40 Å². The van der Waals surface area contributed by atoms with E-state index in [1.165, 1.54) is 18.2 Å². The zero-order valence-corrected chi connectivity index (χ0v) is 15.2. The van der Waals surface area contributed by atoms with E-state index < -0.39 is 39.2 Å². The molecule has 27 heavy (non-hydrogen) atoms. The Balaban J connectivity index is 2.11. The number of hydrogen-bond acceptors (Lipinski definition) is 3. The Morgan fingerprint density at radius 3 is 1.96 bits per heavy atom. The molecule has 144 valence electrons. The highest BCUT2D eigenvalue weighted by atomic mass is 79.9. The molecule has 0 unspecified atom stereocenters. The third kappa shape index (κ3) is 3.95. The fourth-order valence-electron chi connectivity index (χ4n) is 2.38. The van der Waals surface area contributed by atoms with Crippen LogP contribution in [0.2, 0.25) is 0 Å². The average molecular weight is 473 g/mol. The highest BCUT2D eigenvalue weighted by Gasteiger charge is 2.37. The van der Waals surface area contributed by atoms with Gasteiger partial charge in [-0.1, -0.05) is 15.9 Å². The van der Waals surface area contributed by atoms with E-state index >= 15 is 0 Å². The number of nitrogens with one attached hydrogen (secondary N) is 1. The second-order valence-corrected chi connectivity index (χ2v) is 7.96. The monoisotopic (exact) mass is 472 g/mol. The van der Waals surface area contributed by atoms with Crippen LogP contribution >= 0.6 is 15.9 Å². The van der Waals surface area contributed by atoms with Gasteiger partial charge in [-0.3, -0.25) is 0 Å². The summed E-state index contributed by atoms with van der Waals surface area (Å²) < 4.78 is 106. The molecule has 0 saturated heterocycles. The first-order valence-corrected chi connectivity index (χ1v) is 9.22. The van der Waals surface area contributed by atoms with Crippen LogP contribution in [0.25, 0.3) is 0 Å². The van der Waals surface area contributed by atoms with E-state index in [1.807, 2.05) is 0 Å². The predicted molar refractivity (Wildman–Crippen MR) is 87.9 cm³/mol. The minimum Gasteiger partial charge on any atom is -0.339 e. The third-order valence-electron chi connectivity index (χ3n) is 3.54. The van der Waals surface area contributed by atoms with Crippen LogP contribution < -0.4 is 5.32 Å². The van der Waals surface area contributed by atoms with Crippen molar-refractivity contribution < 1.29 is 34.8 Å². The second-order valence-electron chi connectivity index (χ2n) is 5.47. The van der Waals surface area contributed by atoms with Crippen LogP contribution in [-0.2, 0) is 22.4 Å². The van der Waals surface area contributed by atoms with E-state index in [0.29, 0.717) is 16.6 Å². The molecule has 3 rings (SSSR count). The number of hydrogen-bond donors (Lipinski definition) is 1. The fraction of sp³-hybridized carbons (Fsp3) is 0.133. The Kier molecular flexibility index (Phi) is 4.54. The van der Waals surface area contributed by atoms with Crippen molar-refractivity contribution >= 4 is 37.5 Å². The summed E-state index contributed by atoms with van der Waals surface area (Å²) in [5, 5.41) is 2.25. The van der Waals surface area contributed by atoms with Crippen molar-refractivity contribution in [2.75, 3.05) is 5.32 Å². The summed E-state index contributed by atoms with van der Waals surface area (Å²) in [6, 6.07) is 4.84. The summed E-state index contributed by atoms with van der Waals surface area (Å²) in [5.74, 6) is -0.376. The van der Waals surface area contributed by atoms with Crippen LogP contribution in [0.5, 0.6) is 0 Å². The van der Waals surface area contributed by atoms with Crippen LogP contribution in [0, 0.1) is 0 Å². The van der Waals surface area contributed by atoms with Gasteiger partial charge in [-0.05, 0) is 36.4 Å².